The molecule has 1 aliphatic carbocycles. The van der Waals surface area contributed by atoms with Gasteiger partial charge in [0.25, 0.3) is 0 Å². The molecule has 1 saturated carbocycles. The Bertz CT molecular complexity index is 499. The highest BCUT2D eigenvalue weighted by Crippen LogP contribution is 2.34. The number of aromatic nitrogens is 2. The van der Waals surface area contributed by atoms with Crippen LogP contribution in [-0.2, 0) is 9.59 Å². The molecule has 1 aliphatic heterocycles. The third-order valence-electron chi connectivity index (χ3n) is 3.75. The van der Waals surface area contributed by atoms with Crippen molar-refractivity contribution in [3.63, 3.8) is 0 Å². The van der Waals surface area contributed by atoms with Gasteiger partial charge in [-0.15, -0.1) is 0 Å². The summed E-state index contributed by atoms with van der Waals surface area (Å²) in [6.45, 7) is 5.01. The van der Waals surface area contributed by atoms with Gasteiger partial charge in [-0.1, -0.05) is 0 Å². The first-order chi connectivity index (χ1) is 8.54. The molecule has 5 heteroatoms. The Morgan fingerprint density at radius 3 is 2.06 bits per heavy atom. The van der Waals surface area contributed by atoms with Crippen molar-refractivity contribution < 1.29 is 9.59 Å². The molecule has 5 nitrogen and oxygen atoms in total. The Morgan fingerprint density at radius 1 is 1.06 bits per heavy atom. The third kappa shape index (κ3) is 1.70. The van der Waals surface area contributed by atoms with Crippen LogP contribution in [0.2, 0.25) is 0 Å². The van der Waals surface area contributed by atoms with Gasteiger partial charge < -0.3 is 4.90 Å². The van der Waals surface area contributed by atoms with Gasteiger partial charge in [-0.05, 0) is 19.9 Å². The molecule has 0 aromatic carbocycles. The van der Waals surface area contributed by atoms with Crippen LogP contribution in [0.1, 0.15) is 17.8 Å². The number of fused-ring (bicyclic) bond motifs is 1. The van der Waals surface area contributed by atoms with Crippen molar-refractivity contribution in [1.82, 2.24) is 9.97 Å². The molecule has 2 atom stereocenters. The quantitative estimate of drug-likeness (QED) is 0.681. The molecule has 1 aromatic rings. The van der Waals surface area contributed by atoms with Gasteiger partial charge in [0.05, 0.1) is 6.42 Å². The zero-order valence-electron chi connectivity index (χ0n) is 10.5. The van der Waals surface area contributed by atoms with Crippen LogP contribution in [0.5, 0.6) is 0 Å². The first-order valence-electron chi connectivity index (χ1n) is 6.17. The molecule has 0 spiro atoms. The molecule has 1 aromatic heterocycles. The van der Waals surface area contributed by atoms with Crippen LogP contribution in [0.15, 0.2) is 6.07 Å². The fourth-order valence-electron chi connectivity index (χ4n) is 2.90. The molecule has 0 amide bonds. The SMILES string of the molecule is Cc1cc(C)nc(N2C[C@@H]3C(=O)CC(=O)[C@@H]3C2)n1. The number of aryl methyl sites for hydroxylation is 2. The summed E-state index contributed by atoms with van der Waals surface area (Å²) in [5.74, 6) is 0.528. The van der Waals surface area contributed by atoms with Gasteiger partial charge >= 0.3 is 0 Å². The van der Waals surface area contributed by atoms with E-state index in [0.717, 1.165) is 11.4 Å². The maximum Gasteiger partial charge on any atom is 0.225 e. The van der Waals surface area contributed by atoms with Crippen LogP contribution in [0.4, 0.5) is 5.95 Å². The summed E-state index contributed by atoms with van der Waals surface area (Å²) in [7, 11) is 0. The Labute approximate surface area is 105 Å². The van der Waals surface area contributed by atoms with Crippen molar-refractivity contribution in [1.29, 1.82) is 0 Å². The van der Waals surface area contributed by atoms with E-state index >= 15 is 0 Å². The lowest BCUT2D eigenvalue weighted by atomic mass is 10.00. The second kappa shape index (κ2) is 3.86. The average Bonchev–Trinajstić information content (AvgIpc) is 2.80. The summed E-state index contributed by atoms with van der Waals surface area (Å²) in [6, 6.07) is 1.91. The number of Topliss-reactive ketones (excluding diaryl/α,β-unsaturated/α-hetero) is 2. The maximum atomic E-state index is 11.7. The van der Waals surface area contributed by atoms with E-state index in [0.29, 0.717) is 19.0 Å². The fourth-order valence-corrected chi connectivity index (χ4v) is 2.90. The molecule has 3 rings (SSSR count). The minimum absolute atomic E-state index is 0.0804. The second-order valence-corrected chi connectivity index (χ2v) is 5.18. The van der Waals surface area contributed by atoms with E-state index in [1.54, 1.807) is 0 Å². The van der Waals surface area contributed by atoms with E-state index in [9.17, 15) is 9.59 Å². The first kappa shape index (κ1) is 11.3. The Kier molecular flexibility index (Phi) is 2.43. The topological polar surface area (TPSA) is 63.2 Å². The number of hydrogen-bond donors (Lipinski definition) is 0. The minimum atomic E-state index is -0.137. The van der Waals surface area contributed by atoms with E-state index < -0.39 is 0 Å². The number of hydrogen-bond acceptors (Lipinski definition) is 5. The second-order valence-electron chi connectivity index (χ2n) is 5.18. The molecule has 2 fully saturated rings. The predicted molar refractivity (Wildman–Crippen MR) is 65.3 cm³/mol. The summed E-state index contributed by atoms with van der Waals surface area (Å²) in [5, 5.41) is 0. The van der Waals surface area contributed by atoms with Crippen molar-refractivity contribution in [3.8, 4) is 0 Å². The van der Waals surface area contributed by atoms with Crippen LogP contribution in [0.3, 0.4) is 0 Å². The molecule has 0 bridgehead atoms. The van der Waals surface area contributed by atoms with Crippen molar-refractivity contribution in [2.24, 2.45) is 11.8 Å². The van der Waals surface area contributed by atoms with E-state index in [4.69, 9.17) is 0 Å². The zero-order chi connectivity index (χ0) is 12.9. The Balaban J connectivity index is 1.88. The minimum Gasteiger partial charge on any atom is -0.339 e. The molecule has 1 saturated heterocycles. The summed E-state index contributed by atoms with van der Waals surface area (Å²) >= 11 is 0. The average molecular weight is 245 g/mol. The number of nitrogens with zero attached hydrogens (tertiary/aromatic N) is 3. The standard InChI is InChI=1S/C13H15N3O2/c1-7-3-8(2)15-13(14-7)16-5-9-10(6-16)12(18)4-11(9)17/h3,9-10H,4-6H2,1-2H3/t9-,10+. The fraction of sp³-hybridized carbons (Fsp3) is 0.538. The number of carbonyl (C=O) groups is 2. The van der Waals surface area contributed by atoms with E-state index in [-0.39, 0.29) is 29.8 Å². The molecule has 94 valence electrons. The molecule has 2 aliphatic rings. The highest BCUT2D eigenvalue weighted by Gasteiger charge is 2.47. The number of carbonyl (C=O) groups excluding carboxylic acids is 2. The van der Waals surface area contributed by atoms with Gasteiger partial charge in [-0.2, -0.15) is 0 Å². The summed E-state index contributed by atoms with van der Waals surface area (Å²) in [5.41, 5.74) is 1.82. The van der Waals surface area contributed by atoms with Gasteiger partial charge in [0, 0.05) is 36.3 Å². The first-order valence-corrected chi connectivity index (χ1v) is 6.17. The summed E-state index contributed by atoms with van der Waals surface area (Å²) < 4.78 is 0. The van der Waals surface area contributed by atoms with Crippen molar-refractivity contribution >= 4 is 17.5 Å². The highest BCUT2D eigenvalue weighted by molar-refractivity contribution is 6.09. The van der Waals surface area contributed by atoms with Crippen LogP contribution >= 0.6 is 0 Å². The number of anilines is 1. The number of rotatable bonds is 1. The molecule has 0 N–H and O–H groups in total. The number of ketones is 2. The van der Waals surface area contributed by atoms with Crippen LogP contribution in [0, 0.1) is 25.7 Å². The molecule has 18 heavy (non-hydrogen) atoms. The van der Waals surface area contributed by atoms with Crippen LogP contribution in [0.25, 0.3) is 0 Å². The van der Waals surface area contributed by atoms with Gasteiger partial charge in [0.2, 0.25) is 5.95 Å². The highest BCUT2D eigenvalue weighted by atomic mass is 16.2. The maximum absolute atomic E-state index is 11.7. The molecule has 0 unspecified atom stereocenters. The van der Waals surface area contributed by atoms with Crippen LogP contribution in [-0.4, -0.2) is 34.6 Å². The van der Waals surface area contributed by atoms with Crippen molar-refractivity contribution in [2.45, 2.75) is 20.3 Å². The molecular weight excluding hydrogens is 230 g/mol. The Hall–Kier alpha value is -1.78. The zero-order valence-corrected chi connectivity index (χ0v) is 10.5. The Morgan fingerprint density at radius 2 is 1.56 bits per heavy atom. The van der Waals surface area contributed by atoms with Gasteiger partial charge in [0.1, 0.15) is 11.6 Å². The van der Waals surface area contributed by atoms with Gasteiger partial charge in [-0.25, -0.2) is 9.97 Å². The molecular formula is C13H15N3O2. The van der Waals surface area contributed by atoms with E-state index in [2.05, 4.69) is 9.97 Å². The normalized spacial score (nSPS) is 26.9. The van der Waals surface area contributed by atoms with Gasteiger partial charge in [-0.3, -0.25) is 9.59 Å². The summed E-state index contributed by atoms with van der Waals surface area (Å²) in [6.07, 6.45) is 0.122. The monoisotopic (exact) mass is 245 g/mol. The largest absolute Gasteiger partial charge is 0.339 e. The van der Waals surface area contributed by atoms with Gasteiger partial charge in [0.15, 0.2) is 0 Å². The van der Waals surface area contributed by atoms with Crippen molar-refractivity contribution in [2.75, 3.05) is 18.0 Å². The third-order valence-corrected chi connectivity index (χ3v) is 3.75. The smallest absolute Gasteiger partial charge is 0.225 e. The molecule has 0 radical (unpaired) electrons. The lowest BCUT2D eigenvalue weighted by Crippen LogP contribution is -2.26. The van der Waals surface area contributed by atoms with E-state index in [1.807, 2.05) is 24.8 Å². The lowest BCUT2D eigenvalue weighted by Gasteiger charge is -2.17. The summed E-state index contributed by atoms with van der Waals surface area (Å²) in [4.78, 5) is 34.1. The van der Waals surface area contributed by atoms with Crippen molar-refractivity contribution in [3.05, 3.63) is 17.5 Å². The lowest BCUT2D eigenvalue weighted by molar-refractivity contribution is -0.123. The van der Waals surface area contributed by atoms with Crippen LogP contribution < -0.4 is 4.90 Å². The van der Waals surface area contributed by atoms with E-state index in [1.165, 1.54) is 0 Å². The predicted octanol–water partition coefficient (Wildman–Crippen LogP) is 0.688. The molecule has 2 heterocycles.